The molecule has 0 aliphatic heterocycles. The molecule has 0 aliphatic carbocycles. The number of carbonyl (C=O) groups excluding carboxylic acids is 1. The molecule has 1 aromatic heterocycles. The predicted molar refractivity (Wildman–Crippen MR) is 107 cm³/mol. The number of aromatic nitrogens is 2. The summed E-state index contributed by atoms with van der Waals surface area (Å²) < 4.78 is 1.51. The molecule has 142 valence electrons. The quantitative estimate of drug-likeness (QED) is 0.623. The third-order valence-corrected chi connectivity index (χ3v) is 5.01. The van der Waals surface area contributed by atoms with Crippen LogP contribution in [0.15, 0.2) is 23.0 Å². The molecule has 1 amide bonds. The van der Waals surface area contributed by atoms with Crippen LogP contribution < -0.4 is 5.56 Å². The smallest absolute Gasteiger partial charge is 0.261 e. The average Bonchev–Trinajstić information content (AvgIpc) is 2.63. The number of amides is 1. The van der Waals surface area contributed by atoms with Gasteiger partial charge in [0.05, 0.1) is 16.9 Å². The Bertz CT molecular complexity index is 835. The van der Waals surface area contributed by atoms with Gasteiger partial charge >= 0.3 is 0 Å². The molecule has 0 bridgehead atoms. The molecule has 1 heterocycles. The first-order valence-corrected chi connectivity index (χ1v) is 9.83. The highest BCUT2D eigenvalue weighted by Crippen LogP contribution is 2.22. The van der Waals surface area contributed by atoms with E-state index in [-0.39, 0.29) is 17.5 Å². The maximum atomic E-state index is 12.7. The fraction of sp³-hybridized carbons (Fsp3) is 0.526. The lowest BCUT2D eigenvalue weighted by atomic mass is 10.1. The number of fused-ring (bicyclic) bond motifs is 1. The van der Waals surface area contributed by atoms with Gasteiger partial charge in [-0.2, -0.15) is 0 Å². The van der Waals surface area contributed by atoms with E-state index in [1.807, 2.05) is 6.92 Å². The molecule has 0 radical (unpaired) electrons. The average molecular weight is 398 g/mol. The van der Waals surface area contributed by atoms with Crippen LogP contribution in [0.1, 0.15) is 51.4 Å². The lowest BCUT2D eigenvalue weighted by molar-refractivity contribution is -0.133. The van der Waals surface area contributed by atoms with Crippen molar-refractivity contribution in [3.63, 3.8) is 0 Å². The van der Waals surface area contributed by atoms with Crippen molar-refractivity contribution in [2.24, 2.45) is 7.05 Å². The summed E-state index contributed by atoms with van der Waals surface area (Å²) in [4.78, 5) is 31.8. The molecule has 0 spiro atoms. The van der Waals surface area contributed by atoms with Gasteiger partial charge in [-0.1, -0.05) is 24.9 Å². The van der Waals surface area contributed by atoms with E-state index >= 15 is 0 Å². The summed E-state index contributed by atoms with van der Waals surface area (Å²) in [6.07, 6.45) is 2.91. The summed E-state index contributed by atoms with van der Waals surface area (Å²) in [6.45, 7) is 4.63. The van der Waals surface area contributed by atoms with Gasteiger partial charge in [0.25, 0.3) is 5.56 Å². The van der Waals surface area contributed by atoms with Crippen molar-refractivity contribution >= 4 is 40.0 Å². The highest BCUT2D eigenvalue weighted by atomic mass is 35.5. The highest BCUT2D eigenvalue weighted by Gasteiger charge is 2.24. The Labute approximate surface area is 163 Å². The Morgan fingerprint density at radius 1 is 1.35 bits per heavy atom. The standard InChI is InChI=1S/C19H25Cl2N3O2/c1-4-5-11-24(17(25)7-6-10-20)13(2)18-22-16-9-8-14(21)12-15(16)19(26)23(18)3/h8-9,12-13H,4-7,10-11H2,1-3H3. The van der Waals surface area contributed by atoms with Crippen LogP contribution >= 0.6 is 23.2 Å². The van der Waals surface area contributed by atoms with Crippen LogP contribution in [0.5, 0.6) is 0 Å². The monoisotopic (exact) mass is 397 g/mol. The van der Waals surface area contributed by atoms with Crippen molar-refractivity contribution < 1.29 is 4.79 Å². The Morgan fingerprint density at radius 2 is 2.08 bits per heavy atom. The number of carbonyl (C=O) groups is 1. The first-order chi connectivity index (χ1) is 12.4. The molecule has 2 aromatic rings. The van der Waals surface area contributed by atoms with Gasteiger partial charge in [-0.05, 0) is 38.0 Å². The van der Waals surface area contributed by atoms with E-state index in [0.717, 1.165) is 12.8 Å². The van der Waals surface area contributed by atoms with Crippen LogP contribution in [0, 0.1) is 0 Å². The van der Waals surface area contributed by atoms with E-state index in [4.69, 9.17) is 23.2 Å². The zero-order valence-corrected chi connectivity index (χ0v) is 17.0. The van der Waals surface area contributed by atoms with Crippen molar-refractivity contribution in [1.29, 1.82) is 0 Å². The number of hydrogen-bond acceptors (Lipinski definition) is 3. The third-order valence-electron chi connectivity index (χ3n) is 4.51. The number of alkyl halides is 1. The van der Waals surface area contributed by atoms with Crippen LogP contribution in [0.3, 0.4) is 0 Å². The maximum Gasteiger partial charge on any atom is 0.261 e. The van der Waals surface area contributed by atoms with Gasteiger partial charge < -0.3 is 4.90 Å². The predicted octanol–water partition coefficient (Wildman–Crippen LogP) is 4.30. The fourth-order valence-corrected chi connectivity index (χ4v) is 3.30. The second-order valence-corrected chi connectivity index (χ2v) is 7.22. The molecule has 2 rings (SSSR count). The van der Waals surface area contributed by atoms with Gasteiger partial charge in [-0.25, -0.2) is 4.98 Å². The second kappa shape index (κ2) is 9.38. The molecular formula is C19H25Cl2N3O2. The van der Waals surface area contributed by atoms with Crippen LogP contribution in [0.25, 0.3) is 10.9 Å². The van der Waals surface area contributed by atoms with Crippen molar-refractivity contribution in [3.8, 4) is 0 Å². The molecule has 1 unspecified atom stereocenters. The Morgan fingerprint density at radius 3 is 2.73 bits per heavy atom. The second-order valence-electron chi connectivity index (χ2n) is 6.40. The van der Waals surface area contributed by atoms with E-state index < -0.39 is 0 Å². The van der Waals surface area contributed by atoms with Crippen LogP contribution in [0.4, 0.5) is 0 Å². The zero-order valence-electron chi connectivity index (χ0n) is 15.5. The zero-order chi connectivity index (χ0) is 19.3. The summed E-state index contributed by atoms with van der Waals surface area (Å²) in [5.41, 5.74) is 0.422. The fourth-order valence-electron chi connectivity index (χ4n) is 3.00. The molecule has 26 heavy (non-hydrogen) atoms. The van der Waals surface area contributed by atoms with Gasteiger partial charge in [0.1, 0.15) is 5.82 Å². The van der Waals surface area contributed by atoms with Gasteiger partial charge in [0, 0.05) is 30.9 Å². The Balaban J connectivity index is 2.45. The summed E-state index contributed by atoms with van der Waals surface area (Å²) in [5, 5.41) is 0.975. The van der Waals surface area contributed by atoms with Crippen LogP contribution in [-0.2, 0) is 11.8 Å². The number of rotatable bonds is 8. The normalized spacial score (nSPS) is 12.3. The van der Waals surface area contributed by atoms with Crippen molar-refractivity contribution in [2.45, 2.75) is 45.6 Å². The lowest BCUT2D eigenvalue weighted by Gasteiger charge is -2.30. The van der Waals surface area contributed by atoms with E-state index in [9.17, 15) is 9.59 Å². The number of halogens is 2. The Kier molecular flexibility index (Phi) is 7.47. The number of unbranched alkanes of at least 4 members (excludes halogenated alkanes) is 1. The minimum Gasteiger partial charge on any atom is -0.333 e. The summed E-state index contributed by atoms with van der Waals surface area (Å²) in [6, 6.07) is 4.77. The van der Waals surface area contributed by atoms with E-state index in [1.165, 1.54) is 4.57 Å². The largest absolute Gasteiger partial charge is 0.333 e. The summed E-state index contributed by atoms with van der Waals surface area (Å²) in [5.74, 6) is 1.06. The number of nitrogens with zero attached hydrogens (tertiary/aromatic N) is 3. The molecule has 0 N–H and O–H groups in total. The molecule has 0 saturated heterocycles. The lowest BCUT2D eigenvalue weighted by Crippen LogP contribution is -2.37. The van der Waals surface area contributed by atoms with Crippen molar-refractivity contribution in [1.82, 2.24) is 14.5 Å². The molecule has 0 aliphatic rings. The minimum atomic E-state index is -0.304. The minimum absolute atomic E-state index is 0.0389. The molecule has 0 saturated carbocycles. The van der Waals surface area contributed by atoms with Gasteiger partial charge in [-0.15, -0.1) is 11.6 Å². The van der Waals surface area contributed by atoms with Crippen molar-refractivity contribution in [2.75, 3.05) is 12.4 Å². The number of benzene rings is 1. The van der Waals surface area contributed by atoms with E-state index in [0.29, 0.717) is 47.0 Å². The maximum absolute atomic E-state index is 12.7. The molecule has 1 aromatic carbocycles. The summed E-state index contributed by atoms with van der Waals surface area (Å²) in [7, 11) is 1.68. The van der Waals surface area contributed by atoms with Crippen LogP contribution in [-0.4, -0.2) is 32.8 Å². The Hall–Kier alpha value is -1.59. The number of hydrogen-bond donors (Lipinski definition) is 0. The SMILES string of the molecule is CCCCN(C(=O)CCCCl)C(C)c1nc2ccc(Cl)cc2c(=O)n1C. The van der Waals surface area contributed by atoms with Crippen LogP contribution in [0.2, 0.25) is 5.02 Å². The molecule has 7 heteroatoms. The first kappa shape index (κ1) is 20.7. The highest BCUT2D eigenvalue weighted by molar-refractivity contribution is 6.31. The van der Waals surface area contributed by atoms with E-state index in [1.54, 1.807) is 30.1 Å². The molecule has 5 nitrogen and oxygen atoms in total. The van der Waals surface area contributed by atoms with Crippen molar-refractivity contribution in [3.05, 3.63) is 39.4 Å². The topological polar surface area (TPSA) is 55.2 Å². The molecule has 1 atom stereocenters. The van der Waals surface area contributed by atoms with Gasteiger partial charge in [0.15, 0.2) is 0 Å². The molecular weight excluding hydrogens is 373 g/mol. The third kappa shape index (κ3) is 4.57. The first-order valence-electron chi connectivity index (χ1n) is 8.92. The van der Waals surface area contributed by atoms with Gasteiger partial charge in [0.2, 0.25) is 5.91 Å². The molecule has 0 fully saturated rings. The van der Waals surface area contributed by atoms with Gasteiger partial charge in [-0.3, -0.25) is 14.2 Å². The summed E-state index contributed by atoms with van der Waals surface area (Å²) >= 11 is 11.7. The van der Waals surface area contributed by atoms with E-state index in [2.05, 4.69) is 11.9 Å².